The number of carbonyl (C=O) groups is 2. The van der Waals surface area contributed by atoms with Crippen molar-refractivity contribution in [2.24, 2.45) is 4.99 Å². The lowest BCUT2D eigenvalue weighted by Crippen LogP contribution is -2.32. The molecule has 1 aromatic heterocycles. The van der Waals surface area contributed by atoms with Crippen LogP contribution >= 0.6 is 0 Å². The van der Waals surface area contributed by atoms with E-state index in [1.54, 1.807) is 12.1 Å². The summed E-state index contributed by atoms with van der Waals surface area (Å²) in [5, 5.41) is 3.03. The van der Waals surface area contributed by atoms with Gasteiger partial charge in [0.05, 0.1) is 5.69 Å². The molecule has 5 heteroatoms. The van der Waals surface area contributed by atoms with Gasteiger partial charge in [0.15, 0.2) is 0 Å². The third kappa shape index (κ3) is 3.25. The first-order valence-electron chi connectivity index (χ1n) is 7.50. The lowest BCUT2D eigenvalue weighted by Gasteiger charge is -2.05. The van der Waals surface area contributed by atoms with Crippen LogP contribution in [0.1, 0.15) is 22.8 Å². The van der Waals surface area contributed by atoms with Crippen LogP contribution in [0.2, 0.25) is 0 Å². The van der Waals surface area contributed by atoms with Crippen LogP contribution in [-0.2, 0) is 4.79 Å². The number of benzene rings is 2. The monoisotopic (exact) mass is 320 g/mol. The Morgan fingerprint density at radius 3 is 2.50 bits per heavy atom. The Labute approximate surface area is 138 Å². The highest BCUT2D eigenvalue weighted by Gasteiger charge is 2.14. The molecule has 1 N–H and O–H groups in total. The topological polar surface area (TPSA) is 71.7 Å². The Morgan fingerprint density at radius 2 is 1.75 bits per heavy atom. The van der Waals surface area contributed by atoms with Crippen LogP contribution in [0.25, 0.3) is 11.0 Å². The Hall–Kier alpha value is -3.21. The molecule has 2 amide bonds. The second kappa shape index (κ2) is 6.50. The van der Waals surface area contributed by atoms with Crippen molar-refractivity contribution in [2.45, 2.75) is 13.8 Å². The number of fused-ring (bicyclic) bond motifs is 1. The summed E-state index contributed by atoms with van der Waals surface area (Å²) in [4.78, 5) is 28.0. The van der Waals surface area contributed by atoms with E-state index in [1.165, 1.54) is 6.92 Å². The van der Waals surface area contributed by atoms with Crippen LogP contribution in [0.4, 0.5) is 5.69 Å². The predicted octanol–water partition coefficient (Wildman–Crippen LogP) is 3.25. The summed E-state index contributed by atoms with van der Waals surface area (Å²) in [5.41, 5.74) is 2.66. The first-order chi connectivity index (χ1) is 11.5. The highest BCUT2D eigenvalue weighted by Crippen LogP contribution is 2.18. The van der Waals surface area contributed by atoms with E-state index >= 15 is 0 Å². The normalized spacial score (nSPS) is 11.5. The number of amides is 2. The van der Waals surface area contributed by atoms with Crippen LogP contribution in [0.5, 0.6) is 0 Å². The summed E-state index contributed by atoms with van der Waals surface area (Å²) in [5.74, 6) is -0.973. The van der Waals surface area contributed by atoms with E-state index in [9.17, 15) is 9.59 Å². The molecule has 1 heterocycles. The Morgan fingerprint density at radius 1 is 1.04 bits per heavy atom. The lowest BCUT2D eigenvalue weighted by molar-refractivity contribution is -0.118. The average Bonchev–Trinajstić information content (AvgIpc) is 2.55. The molecule has 120 valence electrons. The highest BCUT2D eigenvalue weighted by molar-refractivity contribution is 6.05. The fourth-order valence-corrected chi connectivity index (χ4v) is 2.34. The number of nitrogens with zero attached hydrogens (tertiary/aromatic N) is 1. The molecule has 0 aliphatic carbocycles. The Bertz CT molecular complexity index is 1000. The van der Waals surface area contributed by atoms with Gasteiger partial charge in [0, 0.05) is 12.3 Å². The molecule has 0 unspecified atom stereocenters. The van der Waals surface area contributed by atoms with Gasteiger partial charge in [-0.15, -0.1) is 0 Å². The summed E-state index contributed by atoms with van der Waals surface area (Å²) in [6.07, 6.45) is 0. The van der Waals surface area contributed by atoms with Crippen LogP contribution < -0.4 is 10.9 Å². The van der Waals surface area contributed by atoms with Crippen molar-refractivity contribution >= 4 is 28.5 Å². The van der Waals surface area contributed by atoms with Crippen LogP contribution in [0.3, 0.4) is 0 Å². The molecule has 0 radical (unpaired) electrons. The minimum atomic E-state index is -0.538. The number of carbonyl (C=O) groups excluding carboxylic acids is 2. The number of hydrogen-bond donors (Lipinski definition) is 1. The Balaban J connectivity index is 2.26. The summed E-state index contributed by atoms with van der Waals surface area (Å²) in [6.45, 7) is 3.21. The molecule has 0 aliphatic heterocycles. The van der Waals surface area contributed by atoms with Crippen molar-refractivity contribution < 1.29 is 14.0 Å². The molecular formula is C19H16N2O3. The molecule has 2 aromatic carbocycles. The number of aryl methyl sites for hydroxylation is 1. The summed E-state index contributed by atoms with van der Waals surface area (Å²) in [6, 6.07) is 16.6. The van der Waals surface area contributed by atoms with E-state index in [4.69, 9.17) is 4.42 Å². The van der Waals surface area contributed by atoms with Gasteiger partial charge in [-0.05, 0) is 30.7 Å². The van der Waals surface area contributed by atoms with E-state index in [1.807, 2.05) is 49.4 Å². The lowest BCUT2D eigenvalue weighted by atomic mass is 10.1. The molecule has 0 saturated heterocycles. The molecule has 0 spiro atoms. The van der Waals surface area contributed by atoms with Gasteiger partial charge in [0.2, 0.25) is 11.5 Å². The van der Waals surface area contributed by atoms with Crippen molar-refractivity contribution in [3.8, 4) is 0 Å². The minimum absolute atomic E-state index is 0.168. The van der Waals surface area contributed by atoms with Crippen molar-refractivity contribution in [1.82, 2.24) is 5.32 Å². The van der Waals surface area contributed by atoms with Crippen molar-refractivity contribution in [3.63, 3.8) is 0 Å². The molecule has 24 heavy (non-hydrogen) atoms. The van der Waals surface area contributed by atoms with Gasteiger partial charge in [-0.3, -0.25) is 14.9 Å². The number of hydrogen-bond acceptors (Lipinski definition) is 4. The van der Waals surface area contributed by atoms with E-state index in [0.717, 1.165) is 10.9 Å². The zero-order valence-corrected chi connectivity index (χ0v) is 13.4. The molecule has 3 aromatic rings. The van der Waals surface area contributed by atoms with Crippen molar-refractivity contribution in [3.05, 3.63) is 71.3 Å². The van der Waals surface area contributed by atoms with Gasteiger partial charge in [0.1, 0.15) is 11.1 Å². The minimum Gasteiger partial charge on any atom is -0.438 e. The van der Waals surface area contributed by atoms with Gasteiger partial charge in [-0.25, -0.2) is 4.99 Å². The number of para-hydroxylation sites is 2. The third-order valence-corrected chi connectivity index (χ3v) is 3.53. The van der Waals surface area contributed by atoms with E-state index in [0.29, 0.717) is 11.3 Å². The average molecular weight is 320 g/mol. The summed E-state index contributed by atoms with van der Waals surface area (Å²) >= 11 is 0. The number of imide groups is 1. The molecule has 0 saturated carbocycles. The standard InChI is InChI=1S/C19H16N2O3/c1-12-7-3-5-9-16(12)21-19-15(18(23)20-13(2)22)11-14-8-4-6-10-17(14)24-19/h3-11H,1-2H3,(H,20,22,23). The van der Waals surface area contributed by atoms with Crippen LogP contribution in [0, 0.1) is 6.92 Å². The van der Waals surface area contributed by atoms with E-state index < -0.39 is 11.8 Å². The van der Waals surface area contributed by atoms with Gasteiger partial charge in [-0.1, -0.05) is 36.4 Å². The summed E-state index contributed by atoms with van der Waals surface area (Å²) < 4.78 is 5.82. The molecule has 0 aliphatic rings. The maximum Gasteiger partial charge on any atom is 0.263 e. The SMILES string of the molecule is CC(=O)NC(=O)c1cc2ccccc2oc1=Nc1ccccc1C. The van der Waals surface area contributed by atoms with E-state index in [-0.39, 0.29) is 11.1 Å². The van der Waals surface area contributed by atoms with Crippen molar-refractivity contribution in [2.75, 3.05) is 0 Å². The zero-order chi connectivity index (χ0) is 17.1. The first-order valence-corrected chi connectivity index (χ1v) is 7.50. The highest BCUT2D eigenvalue weighted by atomic mass is 16.3. The first kappa shape index (κ1) is 15.7. The fraction of sp³-hybridized carbons (Fsp3) is 0.105. The zero-order valence-electron chi connectivity index (χ0n) is 13.4. The molecular weight excluding hydrogens is 304 g/mol. The largest absolute Gasteiger partial charge is 0.438 e. The smallest absolute Gasteiger partial charge is 0.263 e. The number of rotatable bonds is 2. The van der Waals surface area contributed by atoms with Gasteiger partial charge in [-0.2, -0.15) is 0 Å². The molecule has 5 nitrogen and oxygen atoms in total. The maximum absolute atomic E-state index is 12.3. The van der Waals surface area contributed by atoms with E-state index in [2.05, 4.69) is 10.3 Å². The molecule has 0 bridgehead atoms. The second-order valence-corrected chi connectivity index (χ2v) is 5.41. The Kier molecular flexibility index (Phi) is 4.24. The van der Waals surface area contributed by atoms with Crippen molar-refractivity contribution in [1.29, 1.82) is 0 Å². The van der Waals surface area contributed by atoms with Gasteiger partial charge < -0.3 is 4.42 Å². The van der Waals surface area contributed by atoms with Gasteiger partial charge >= 0.3 is 0 Å². The molecule has 0 atom stereocenters. The predicted molar refractivity (Wildman–Crippen MR) is 90.8 cm³/mol. The quantitative estimate of drug-likeness (QED) is 0.788. The summed E-state index contributed by atoms with van der Waals surface area (Å²) in [7, 11) is 0. The van der Waals surface area contributed by atoms with Crippen LogP contribution in [-0.4, -0.2) is 11.8 Å². The third-order valence-electron chi connectivity index (χ3n) is 3.53. The molecule has 3 rings (SSSR count). The van der Waals surface area contributed by atoms with Crippen LogP contribution in [0.15, 0.2) is 64.0 Å². The molecule has 0 fully saturated rings. The number of nitrogens with one attached hydrogen (secondary N) is 1. The van der Waals surface area contributed by atoms with Gasteiger partial charge in [0.25, 0.3) is 5.91 Å². The second-order valence-electron chi connectivity index (χ2n) is 5.41. The maximum atomic E-state index is 12.3. The fourth-order valence-electron chi connectivity index (χ4n) is 2.34.